The van der Waals surface area contributed by atoms with E-state index in [2.05, 4.69) is 5.32 Å². The van der Waals surface area contributed by atoms with Crippen LogP contribution in [0, 0.1) is 5.82 Å². The average Bonchev–Trinajstić information content (AvgIpc) is 2.37. The standard InChI is InChI=1S/C12H13FN2O4/c1-18-10(16)12(15-11(14)17)4-5-19-9-3-2-7(13)6-8(9)12/h2-3,6H,4-5H2,1H3,(H3,14,15,17). The number of nitrogens with two attached hydrogens (primary N) is 1. The number of primary amides is 1. The number of rotatable bonds is 2. The van der Waals surface area contributed by atoms with Crippen LogP contribution in [0.15, 0.2) is 18.2 Å². The molecule has 1 unspecified atom stereocenters. The van der Waals surface area contributed by atoms with Crippen LogP contribution in [-0.4, -0.2) is 25.7 Å². The SMILES string of the molecule is COC(=O)C1(NC(N)=O)CCOc2ccc(F)cc21. The normalized spacial score (nSPS) is 20.9. The number of hydrogen-bond donors (Lipinski definition) is 2. The molecular formula is C12H13FN2O4. The molecule has 0 radical (unpaired) electrons. The summed E-state index contributed by atoms with van der Waals surface area (Å²) in [5, 5.41) is 2.35. The highest BCUT2D eigenvalue weighted by Gasteiger charge is 2.47. The van der Waals surface area contributed by atoms with Gasteiger partial charge in [0, 0.05) is 12.0 Å². The van der Waals surface area contributed by atoms with Gasteiger partial charge in [0.05, 0.1) is 13.7 Å². The van der Waals surface area contributed by atoms with Gasteiger partial charge in [0.1, 0.15) is 11.6 Å². The number of carbonyl (C=O) groups excluding carboxylic acids is 2. The Morgan fingerprint density at radius 1 is 1.53 bits per heavy atom. The van der Waals surface area contributed by atoms with Gasteiger partial charge in [-0.2, -0.15) is 0 Å². The van der Waals surface area contributed by atoms with Gasteiger partial charge in [-0.3, -0.25) is 0 Å². The third-order valence-corrected chi connectivity index (χ3v) is 3.01. The number of fused-ring (bicyclic) bond motifs is 1. The quantitative estimate of drug-likeness (QED) is 0.770. The van der Waals surface area contributed by atoms with Crippen LogP contribution < -0.4 is 15.8 Å². The number of amides is 2. The Hall–Kier alpha value is -2.31. The van der Waals surface area contributed by atoms with Crippen LogP contribution in [0.3, 0.4) is 0 Å². The summed E-state index contributed by atoms with van der Waals surface area (Å²) < 4.78 is 23.4. The summed E-state index contributed by atoms with van der Waals surface area (Å²) >= 11 is 0. The molecule has 102 valence electrons. The van der Waals surface area contributed by atoms with Crippen molar-refractivity contribution in [3.63, 3.8) is 0 Å². The Kier molecular flexibility index (Phi) is 3.28. The number of methoxy groups -OCH3 is 1. The molecule has 0 saturated carbocycles. The summed E-state index contributed by atoms with van der Waals surface area (Å²) in [6.07, 6.45) is 0.110. The average molecular weight is 268 g/mol. The number of hydrogen-bond acceptors (Lipinski definition) is 4. The van der Waals surface area contributed by atoms with Crippen molar-refractivity contribution in [2.45, 2.75) is 12.0 Å². The Labute approximate surface area is 108 Å². The predicted octanol–water partition coefficient (Wildman–Crippen LogP) is 0.645. The van der Waals surface area contributed by atoms with Crippen molar-refractivity contribution >= 4 is 12.0 Å². The van der Waals surface area contributed by atoms with Crippen LogP contribution in [-0.2, 0) is 15.1 Å². The molecule has 0 bridgehead atoms. The molecule has 0 aromatic heterocycles. The van der Waals surface area contributed by atoms with Gasteiger partial charge < -0.3 is 20.5 Å². The first-order valence-corrected chi connectivity index (χ1v) is 5.58. The lowest BCUT2D eigenvalue weighted by Crippen LogP contribution is -2.56. The van der Waals surface area contributed by atoms with E-state index in [9.17, 15) is 14.0 Å². The minimum atomic E-state index is -1.52. The Bertz CT molecular complexity index is 534. The number of halogens is 1. The molecule has 6 nitrogen and oxygen atoms in total. The number of urea groups is 1. The highest BCUT2D eigenvalue weighted by atomic mass is 19.1. The molecule has 1 atom stereocenters. The number of nitrogens with one attached hydrogen (secondary N) is 1. The smallest absolute Gasteiger partial charge is 0.336 e. The van der Waals surface area contributed by atoms with E-state index in [-0.39, 0.29) is 18.6 Å². The van der Waals surface area contributed by atoms with Gasteiger partial charge in [-0.05, 0) is 18.2 Å². The fourth-order valence-electron chi connectivity index (χ4n) is 2.19. The van der Waals surface area contributed by atoms with Crippen LogP contribution in [0.25, 0.3) is 0 Å². The zero-order chi connectivity index (χ0) is 14.0. The molecule has 19 heavy (non-hydrogen) atoms. The van der Waals surface area contributed by atoms with Gasteiger partial charge in [-0.25, -0.2) is 14.0 Å². The Balaban J connectivity index is 2.59. The van der Waals surface area contributed by atoms with Gasteiger partial charge in [-0.1, -0.05) is 0 Å². The van der Waals surface area contributed by atoms with Gasteiger partial charge >= 0.3 is 12.0 Å². The maximum Gasteiger partial charge on any atom is 0.336 e. The van der Waals surface area contributed by atoms with Crippen LogP contribution in [0.5, 0.6) is 5.75 Å². The number of carbonyl (C=O) groups is 2. The lowest BCUT2D eigenvalue weighted by Gasteiger charge is -2.36. The molecule has 1 aliphatic heterocycles. The van der Waals surface area contributed by atoms with Crippen LogP contribution in [0.4, 0.5) is 9.18 Å². The zero-order valence-electron chi connectivity index (χ0n) is 10.2. The second-order valence-corrected chi connectivity index (χ2v) is 4.13. The van der Waals surface area contributed by atoms with E-state index in [0.717, 1.165) is 6.07 Å². The molecule has 3 N–H and O–H groups in total. The van der Waals surface area contributed by atoms with Crippen molar-refractivity contribution in [2.24, 2.45) is 5.73 Å². The van der Waals surface area contributed by atoms with E-state index in [1.807, 2.05) is 0 Å². The summed E-state index contributed by atoms with van der Waals surface area (Å²) in [4.78, 5) is 23.2. The number of esters is 1. The van der Waals surface area contributed by atoms with Crippen LogP contribution >= 0.6 is 0 Å². The maximum absolute atomic E-state index is 13.4. The van der Waals surface area contributed by atoms with E-state index < -0.39 is 23.4 Å². The van der Waals surface area contributed by atoms with Crippen molar-refractivity contribution < 1.29 is 23.5 Å². The first-order valence-electron chi connectivity index (χ1n) is 5.58. The molecule has 0 spiro atoms. The minimum absolute atomic E-state index is 0.110. The summed E-state index contributed by atoms with van der Waals surface area (Å²) in [5.74, 6) is -0.961. The number of ether oxygens (including phenoxy) is 2. The zero-order valence-corrected chi connectivity index (χ0v) is 10.2. The second kappa shape index (κ2) is 4.75. The van der Waals surface area contributed by atoms with Crippen molar-refractivity contribution in [1.82, 2.24) is 5.32 Å². The predicted molar refractivity (Wildman–Crippen MR) is 62.9 cm³/mol. The topological polar surface area (TPSA) is 90.6 Å². The first-order chi connectivity index (χ1) is 8.99. The van der Waals surface area contributed by atoms with Crippen molar-refractivity contribution in [2.75, 3.05) is 13.7 Å². The number of benzene rings is 1. The molecule has 1 aliphatic rings. The van der Waals surface area contributed by atoms with Crippen molar-refractivity contribution in [1.29, 1.82) is 0 Å². The molecule has 0 aliphatic carbocycles. The first kappa shape index (κ1) is 13.1. The molecule has 1 aromatic rings. The fraction of sp³-hybridized carbons (Fsp3) is 0.333. The fourth-order valence-corrected chi connectivity index (χ4v) is 2.19. The molecular weight excluding hydrogens is 255 g/mol. The van der Waals surface area contributed by atoms with E-state index >= 15 is 0 Å². The van der Waals surface area contributed by atoms with Gasteiger partial charge in [0.25, 0.3) is 0 Å². The minimum Gasteiger partial charge on any atom is -0.493 e. The molecule has 1 aromatic carbocycles. The molecule has 1 heterocycles. The Morgan fingerprint density at radius 2 is 2.26 bits per heavy atom. The van der Waals surface area contributed by atoms with Gasteiger partial charge in [-0.15, -0.1) is 0 Å². The third-order valence-electron chi connectivity index (χ3n) is 3.01. The Morgan fingerprint density at radius 3 is 2.89 bits per heavy atom. The summed E-state index contributed by atoms with van der Waals surface area (Å²) in [7, 11) is 1.18. The highest BCUT2D eigenvalue weighted by Crippen LogP contribution is 2.38. The van der Waals surface area contributed by atoms with E-state index in [0.29, 0.717) is 5.75 Å². The highest BCUT2D eigenvalue weighted by molar-refractivity contribution is 5.89. The maximum atomic E-state index is 13.4. The van der Waals surface area contributed by atoms with Crippen LogP contribution in [0.2, 0.25) is 0 Å². The molecule has 7 heteroatoms. The van der Waals surface area contributed by atoms with E-state index in [1.54, 1.807) is 0 Å². The largest absolute Gasteiger partial charge is 0.493 e. The summed E-state index contributed by atoms with van der Waals surface area (Å²) in [6, 6.07) is 2.82. The van der Waals surface area contributed by atoms with E-state index in [1.165, 1.54) is 19.2 Å². The van der Waals surface area contributed by atoms with E-state index in [4.69, 9.17) is 15.2 Å². The summed E-state index contributed by atoms with van der Waals surface area (Å²) in [6.45, 7) is 0.175. The molecule has 2 rings (SSSR count). The third kappa shape index (κ3) is 2.18. The van der Waals surface area contributed by atoms with Crippen molar-refractivity contribution in [3.8, 4) is 5.75 Å². The molecule has 2 amide bonds. The van der Waals surface area contributed by atoms with Crippen molar-refractivity contribution in [3.05, 3.63) is 29.6 Å². The lowest BCUT2D eigenvalue weighted by molar-refractivity contribution is -0.150. The lowest BCUT2D eigenvalue weighted by atomic mass is 9.84. The second-order valence-electron chi connectivity index (χ2n) is 4.13. The molecule has 0 fully saturated rings. The van der Waals surface area contributed by atoms with Gasteiger partial charge in [0.2, 0.25) is 0 Å². The summed E-state index contributed by atoms with van der Waals surface area (Å²) in [5.41, 5.74) is 3.78. The monoisotopic (exact) mass is 268 g/mol. The molecule has 0 saturated heterocycles. The van der Waals surface area contributed by atoms with Crippen LogP contribution in [0.1, 0.15) is 12.0 Å². The van der Waals surface area contributed by atoms with Gasteiger partial charge in [0.15, 0.2) is 5.54 Å².